The highest BCUT2D eigenvalue weighted by atomic mass is 32.2. The Morgan fingerprint density at radius 3 is 2.66 bits per heavy atom. The van der Waals surface area contributed by atoms with E-state index < -0.39 is 28.7 Å². The zero-order valence-corrected chi connectivity index (χ0v) is 27.6. The van der Waals surface area contributed by atoms with Gasteiger partial charge >= 0.3 is 5.97 Å². The molecule has 7 atom stereocenters. The summed E-state index contributed by atoms with van der Waals surface area (Å²) in [5, 5.41) is 19.3. The number of unbranched alkanes of at least 4 members (excludes halogenated alkanes) is 2. The molecule has 1 aromatic heterocycles. The van der Waals surface area contributed by atoms with E-state index in [1.54, 1.807) is 32.3 Å². The van der Waals surface area contributed by atoms with Crippen LogP contribution in [0.5, 0.6) is 0 Å². The van der Waals surface area contributed by atoms with Crippen LogP contribution in [0.25, 0.3) is 11.0 Å². The zero-order chi connectivity index (χ0) is 33.1. The lowest BCUT2D eigenvalue weighted by Gasteiger charge is -2.42. The van der Waals surface area contributed by atoms with Gasteiger partial charge in [-0.25, -0.2) is 4.68 Å². The number of thioether (sulfide) groups is 1. The number of hydrogen-bond donors (Lipinski definition) is 1. The molecule has 0 radical (unpaired) electrons. The molecular weight excluding hydrogens is 614 g/mol. The zero-order valence-electron chi connectivity index (χ0n) is 26.8. The maximum absolute atomic E-state index is 15.0. The SMILES string of the molecule is C=CCCCCOC(=O)[C@@H]1[C@H]2C(=O)N([C@@H](CO)Cc3ccccc3)C(C(=O)N(CC=C)Cn3nnc4ccccc43)C23S[C@@H]1CC3C. The van der Waals surface area contributed by atoms with Gasteiger partial charge in [0.05, 0.1) is 41.4 Å². The summed E-state index contributed by atoms with van der Waals surface area (Å²) >= 11 is 1.60. The van der Waals surface area contributed by atoms with Crippen LogP contribution in [0.1, 0.15) is 38.2 Å². The fourth-order valence-corrected chi connectivity index (χ4v) is 10.3. The largest absolute Gasteiger partial charge is 0.465 e. The topological polar surface area (TPSA) is 118 Å². The number of nitrogens with zero attached hydrogens (tertiary/aromatic N) is 5. The molecule has 0 saturated carbocycles. The standard InChI is InChI=1S/C36H43N5O5S/c1-4-6-7-13-19-46-35(45)30-29-20-24(3)36(47-29)31(30)33(43)41(26(22-42)21-25-14-9-8-10-15-25)32(36)34(44)39(18-5-2)23-40-28-17-12-11-16-27(28)37-38-40/h4-5,8-12,14-17,24,26,29-32,42H,1-2,6-7,13,18-23H2,3H3/t24?,26-,29-,30+,31+,32?,36?/m1/s1. The van der Waals surface area contributed by atoms with Gasteiger partial charge in [-0.05, 0) is 55.7 Å². The summed E-state index contributed by atoms with van der Waals surface area (Å²) in [7, 11) is 0. The van der Waals surface area contributed by atoms with E-state index in [1.165, 1.54) is 0 Å². The number of para-hydroxylation sites is 1. The van der Waals surface area contributed by atoms with Gasteiger partial charge in [-0.2, -0.15) is 0 Å². The van der Waals surface area contributed by atoms with Crippen LogP contribution < -0.4 is 0 Å². The Hall–Kier alpha value is -3.96. The Labute approximate surface area is 279 Å². The summed E-state index contributed by atoms with van der Waals surface area (Å²) in [4.78, 5) is 46.8. The van der Waals surface area contributed by atoms with Gasteiger partial charge in [0.2, 0.25) is 11.8 Å². The highest BCUT2D eigenvalue weighted by Gasteiger charge is 2.77. The first-order valence-corrected chi connectivity index (χ1v) is 17.3. The average molecular weight is 658 g/mol. The van der Waals surface area contributed by atoms with Gasteiger partial charge in [-0.3, -0.25) is 14.4 Å². The Bertz CT molecular complexity index is 1630. The van der Waals surface area contributed by atoms with Crippen LogP contribution in [0.15, 0.2) is 79.9 Å². The molecule has 47 heavy (non-hydrogen) atoms. The molecule has 6 rings (SSSR count). The number of aliphatic hydroxyl groups is 1. The van der Waals surface area contributed by atoms with E-state index in [4.69, 9.17) is 4.74 Å². The van der Waals surface area contributed by atoms with Crippen molar-refractivity contribution < 1.29 is 24.2 Å². The molecule has 1 spiro atoms. The number of hydrogen-bond acceptors (Lipinski definition) is 8. The summed E-state index contributed by atoms with van der Waals surface area (Å²) in [5.41, 5.74) is 2.43. The van der Waals surface area contributed by atoms with Crippen molar-refractivity contribution in [3.63, 3.8) is 0 Å². The molecule has 248 valence electrons. The van der Waals surface area contributed by atoms with E-state index in [0.717, 1.165) is 23.9 Å². The van der Waals surface area contributed by atoms with Gasteiger partial charge in [-0.15, -0.1) is 30.0 Å². The number of esters is 1. The van der Waals surface area contributed by atoms with E-state index in [9.17, 15) is 14.7 Å². The quantitative estimate of drug-likeness (QED) is 0.147. The lowest BCUT2D eigenvalue weighted by molar-refractivity contribution is -0.155. The molecule has 3 aromatic rings. The number of aliphatic hydroxyl groups excluding tert-OH is 1. The summed E-state index contributed by atoms with van der Waals surface area (Å²) in [6.45, 7) is 10.0. The van der Waals surface area contributed by atoms with Crippen molar-refractivity contribution in [3.8, 4) is 0 Å². The minimum Gasteiger partial charge on any atom is -0.465 e. The molecule has 4 heterocycles. The second kappa shape index (κ2) is 14.0. The first kappa shape index (κ1) is 33.0. The summed E-state index contributed by atoms with van der Waals surface area (Å²) in [6, 6.07) is 15.6. The molecule has 3 aliphatic rings. The van der Waals surface area contributed by atoms with Crippen molar-refractivity contribution in [3.05, 3.63) is 85.5 Å². The molecule has 10 nitrogen and oxygen atoms in total. The molecule has 3 aliphatic heterocycles. The highest BCUT2D eigenvalue weighted by Crippen LogP contribution is 2.69. The fraction of sp³-hybridized carbons (Fsp3) is 0.472. The Morgan fingerprint density at radius 1 is 1.15 bits per heavy atom. The first-order valence-electron chi connectivity index (χ1n) is 16.5. The van der Waals surface area contributed by atoms with E-state index in [1.807, 2.05) is 60.7 Å². The second-order valence-electron chi connectivity index (χ2n) is 12.8. The summed E-state index contributed by atoms with van der Waals surface area (Å²) in [6.07, 6.45) is 6.99. The minimum absolute atomic E-state index is 0.0316. The van der Waals surface area contributed by atoms with Gasteiger partial charge in [0.15, 0.2) is 0 Å². The molecule has 3 unspecified atom stereocenters. The Balaban J connectivity index is 1.38. The monoisotopic (exact) mass is 657 g/mol. The maximum Gasteiger partial charge on any atom is 0.310 e. The molecule has 2 amide bonds. The van der Waals surface area contributed by atoms with Crippen LogP contribution in [-0.2, 0) is 32.2 Å². The number of allylic oxidation sites excluding steroid dienone is 1. The van der Waals surface area contributed by atoms with Gasteiger partial charge in [0, 0.05) is 11.8 Å². The van der Waals surface area contributed by atoms with E-state index >= 15 is 4.79 Å². The number of fused-ring (bicyclic) bond motifs is 2. The van der Waals surface area contributed by atoms with Crippen LogP contribution in [0.4, 0.5) is 0 Å². The van der Waals surface area contributed by atoms with Crippen molar-refractivity contribution in [2.75, 3.05) is 19.8 Å². The van der Waals surface area contributed by atoms with E-state index in [0.29, 0.717) is 24.8 Å². The van der Waals surface area contributed by atoms with Crippen LogP contribution in [0, 0.1) is 17.8 Å². The molecule has 2 bridgehead atoms. The molecule has 2 aromatic carbocycles. The van der Waals surface area contributed by atoms with Crippen LogP contribution in [0.2, 0.25) is 0 Å². The van der Waals surface area contributed by atoms with Crippen molar-refractivity contribution in [1.29, 1.82) is 0 Å². The molecular formula is C36H43N5O5S. The number of likely N-dealkylation sites (tertiary alicyclic amines) is 1. The van der Waals surface area contributed by atoms with Gasteiger partial charge in [0.25, 0.3) is 0 Å². The van der Waals surface area contributed by atoms with Gasteiger partial charge in [0.1, 0.15) is 18.2 Å². The van der Waals surface area contributed by atoms with E-state index in [2.05, 4.69) is 30.4 Å². The number of carbonyl (C=O) groups is 3. The normalized spacial score (nSPS) is 26.7. The van der Waals surface area contributed by atoms with E-state index in [-0.39, 0.29) is 55.4 Å². The lowest BCUT2D eigenvalue weighted by Crippen LogP contribution is -2.59. The number of carbonyl (C=O) groups excluding carboxylic acids is 3. The van der Waals surface area contributed by atoms with Crippen LogP contribution in [-0.4, -0.2) is 89.5 Å². The molecule has 3 saturated heterocycles. The minimum atomic E-state index is -0.911. The third-order valence-corrected chi connectivity index (χ3v) is 12.1. The smallest absolute Gasteiger partial charge is 0.310 e. The van der Waals surface area contributed by atoms with Gasteiger partial charge < -0.3 is 19.6 Å². The number of ether oxygens (including phenoxy) is 1. The number of benzene rings is 2. The molecule has 3 fully saturated rings. The first-order chi connectivity index (χ1) is 22.8. The predicted octanol–water partition coefficient (Wildman–Crippen LogP) is 4.24. The summed E-state index contributed by atoms with van der Waals surface area (Å²) in [5.74, 6) is -2.33. The number of aromatic nitrogens is 3. The van der Waals surface area contributed by atoms with Crippen molar-refractivity contribution >= 4 is 40.6 Å². The summed E-state index contributed by atoms with van der Waals surface area (Å²) < 4.78 is 6.60. The molecule has 11 heteroatoms. The molecule has 0 aliphatic carbocycles. The van der Waals surface area contributed by atoms with Crippen molar-refractivity contribution in [2.24, 2.45) is 17.8 Å². The average Bonchev–Trinajstić information content (AvgIpc) is 3.81. The van der Waals surface area contributed by atoms with Crippen LogP contribution in [0.3, 0.4) is 0 Å². The number of amides is 2. The third-order valence-electron chi connectivity index (χ3n) is 10.0. The lowest BCUT2D eigenvalue weighted by atomic mass is 9.66. The number of rotatable bonds is 15. The Kier molecular flexibility index (Phi) is 9.84. The Morgan fingerprint density at radius 2 is 1.91 bits per heavy atom. The predicted molar refractivity (Wildman–Crippen MR) is 181 cm³/mol. The van der Waals surface area contributed by atoms with Crippen LogP contribution >= 0.6 is 11.8 Å². The molecule has 1 N–H and O–H groups in total. The van der Waals surface area contributed by atoms with Gasteiger partial charge in [-0.1, -0.05) is 66.8 Å². The second-order valence-corrected chi connectivity index (χ2v) is 14.4. The third kappa shape index (κ3) is 5.88. The van der Waals surface area contributed by atoms with Crippen molar-refractivity contribution in [1.82, 2.24) is 24.8 Å². The van der Waals surface area contributed by atoms with Crippen molar-refractivity contribution in [2.45, 2.75) is 67.8 Å². The fourth-order valence-electron chi connectivity index (χ4n) is 7.93. The maximum atomic E-state index is 15.0. The highest BCUT2D eigenvalue weighted by molar-refractivity contribution is 8.02.